The Morgan fingerprint density at radius 3 is 2.73 bits per heavy atom. The van der Waals surface area contributed by atoms with Crippen LogP contribution in [0.3, 0.4) is 0 Å². The van der Waals surface area contributed by atoms with Crippen LogP contribution in [0, 0.1) is 0 Å². The number of nitrogens with one attached hydrogen (secondary N) is 1. The van der Waals surface area contributed by atoms with Crippen molar-refractivity contribution >= 4 is 29.0 Å². The van der Waals surface area contributed by atoms with Gasteiger partial charge in [0.1, 0.15) is 5.82 Å². The minimum atomic E-state index is 0.147. The van der Waals surface area contributed by atoms with Crippen LogP contribution in [0.25, 0.3) is 0 Å². The van der Waals surface area contributed by atoms with Crippen LogP contribution in [0.4, 0.5) is 0 Å². The van der Waals surface area contributed by atoms with Gasteiger partial charge in [0, 0.05) is 35.7 Å². The number of carbonyl (C=O) groups is 1. The van der Waals surface area contributed by atoms with Crippen molar-refractivity contribution in [3.63, 3.8) is 0 Å². The van der Waals surface area contributed by atoms with Gasteiger partial charge >= 0.3 is 0 Å². The van der Waals surface area contributed by atoms with Crippen LogP contribution in [-0.2, 0) is 12.2 Å². The SMILES string of the molecule is O=C(c1ccc(CSc2n[nH]c(Cc3cccs3)n2)cc1)N1CCCC1. The molecule has 7 heteroatoms. The van der Waals surface area contributed by atoms with Crippen LogP contribution in [0.2, 0.25) is 0 Å². The highest BCUT2D eigenvalue weighted by Gasteiger charge is 2.19. The summed E-state index contributed by atoms with van der Waals surface area (Å²) in [6, 6.07) is 12.0. The fourth-order valence-corrected chi connectivity index (χ4v) is 4.48. The molecule has 1 saturated heterocycles. The number of nitrogens with zero attached hydrogens (tertiary/aromatic N) is 3. The zero-order chi connectivity index (χ0) is 17.8. The topological polar surface area (TPSA) is 61.9 Å². The molecule has 3 heterocycles. The molecule has 2 aromatic heterocycles. The highest BCUT2D eigenvalue weighted by molar-refractivity contribution is 7.98. The number of thiophene rings is 1. The number of rotatable bonds is 6. The van der Waals surface area contributed by atoms with Crippen LogP contribution in [0.15, 0.2) is 46.9 Å². The second kappa shape index (κ2) is 8.05. The zero-order valence-electron chi connectivity index (χ0n) is 14.4. The fraction of sp³-hybridized carbons (Fsp3) is 0.316. The standard InChI is InChI=1S/C19H20N4OS2/c24-18(23-9-1-2-10-23)15-7-5-14(6-8-15)13-26-19-20-17(21-22-19)12-16-4-3-11-25-16/h3-8,11H,1-2,9-10,12-13H2,(H,20,21,22). The molecule has 0 bridgehead atoms. The number of likely N-dealkylation sites (tertiary alicyclic amines) is 1. The molecule has 0 atom stereocenters. The molecule has 26 heavy (non-hydrogen) atoms. The van der Waals surface area contributed by atoms with Crippen molar-refractivity contribution in [3.8, 4) is 0 Å². The molecule has 1 aliphatic heterocycles. The Kier molecular flexibility index (Phi) is 5.36. The second-order valence-corrected chi connectivity index (χ2v) is 8.28. The lowest BCUT2D eigenvalue weighted by molar-refractivity contribution is 0.0793. The number of thioether (sulfide) groups is 1. The van der Waals surface area contributed by atoms with Crippen molar-refractivity contribution in [2.45, 2.75) is 30.2 Å². The predicted molar refractivity (Wildman–Crippen MR) is 105 cm³/mol. The average Bonchev–Trinajstić information content (AvgIpc) is 3.43. The summed E-state index contributed by atoms with van der Waals surface area (Å²) < 4.78 is 0. The minimum absolute atomic E-state index is 0.147. The van der Waals surface area contributed by atoms with Crippen LogP contribution >= 0.6 is 23.1 Å². The zero-order valence-corrected chi connectivity index (χ0v) is 16.0. The van der Waals surface area contributed by atoms with Crippen molar-refractivity contribution in [3.05, 3.63) is 63.6 Å². The first-order valence-corrected chi connectivity index (χ1v) is 10.6. The molecule has 134 valence electrons. The molecule has 1 aromatic carbocycles. The van der Waals surface area contributed by atoms with Crippen molar-refractivity contribution in [1.82, 2.24) is 20.1 Å². The Hall–Kier alpha value is -2.12. The normalized spacial score (nSPS) is 14.1. The Morgan fingerprint density at radius 1 is 1.19 bits per heavy atom. The van der Waals surface area contributed by atoms with Gasteiger partial charge in [-0.15, -0.1) is 16.4 Å². The molecule has 0 saturated carbocycles. The van der Waals surface area contributed by atoms with Crippen LogP contribution in [0.5, 0.6) is 0 Å². The highest BCUT2D eigenvalue weighted by Crippen LogP contribution is 2.21. The molecule has 4 rings (SSSR count). The quantitative estimate of drug-likeness (QED) is 0.653. The van der Waals surface area contributed by atoms with Gasteiger partial charge in [-0.05, 0) is 42.0 Å². The average molecular weight is 385 g/mol. The highest BCUT2D eigenvalue weighted by atomic mass is 32.2. The van der Waals surface area contributed by atoms with E-state index in [1.165, 1.54) is 4.88 Å². The van der Waals surface area contributed by atoms with Gasteiger partial charge in [-0.3, -0.25) is 9.89 Å². The van der Waals surface area contributed by atoms with Gasteiger partial charge in [-0.25, -0.2) is 4.98 Å². The van der Waals surface area contributed by atoms with Gasteiger partial charge in [0.2, 0.25) is 5.16 Å². The Balaban J connectivity index is 1.32. The number of aromatic nitrogens is 3. The van der Waals surface area contributed by atoms with E-state index < -0.39 is 0 Å². The summed E-state index contributed by atoms with van der Waals surface area (Å²) in [5.74, 6) is 1.82. The number of hydrogen-bond acceptors (Lipinski definition) is 5. The number of H-pyrrole nitrogens is 1. The molecule has 0 unspecified atom stereocenters. The van der Waals surface area contributed by atoms with E-state index in [1.807, 2.05) is 35.2 Å². The molecule has 1 N–H and O–H groups in total. The monoisotopic (exact) mass is 384 g/mol. The van der Waals surface area contributed by atoms with Crippen LogP contribution in [0.1, 0.15) is 39.5 Å². The largest absolute Gasteiger partial charge is 0.339 e. The Labute approximate surface area is 160 Å². The summed E-state index contributed by atoms with van der Waals surface area (Å²) in [5.41, 5.74) is 1.94. The summed E-state index contributed by atoms with van der Waals surface area (Å²) >= 11 is 3.33. The number of amides is 1. The molecular weight excluding hydrogens is 364 g/mol. The van der Waals surface area contributed by atoms with E-state index in [0.717, 1.165) is 60.2 Å². The molecule has 0 spiro atoms. The summed E-state index contributed by atoms with van der Waals surface area (Å²) in [6.07, 6.45) is 3.02. The molecule has 1 fully saturated rings. The molecular formula is C19H20N4OS2. The summed E-state index contributed by atoms with van der Waals surface area (Å²) in [4.78, 5) is 20.1. The number of carbonyl (C=O) groups excluding carboxylic acids is 1. The van der Waals surface area contributed by atoms with Gasteiger partial charge in [-0.1, -0.05) is 30.0 Å². The van der Waals surface area contributed by atoms with E-state index in [9.17, 15) is 4.79 Å². The van der Waals surface area contributed by atoms with Gasteiger partial charge in [0.15, 0.2) is 0 Å². The van der Waals surface area contributed by atoms with E-state index in [2.05, 4.69) is 26.6 Å². The van der Waals surface area contributed by atoms with Gasteiger partial charge < -0.3 is 4.90 Å². The second-order valence-electron chi connectivity index (χ2n) is 6.31. The lowest BCUT2D eigenvalue weighted by atomic mass is 10.1. The Bertz CT molecular complexity index is 852. The number of aromatic amines is 1. The van der Waals surface area contributed by atoms with Crippen LogP contribution < -0.4 is 0 Å². The molecule has 1 amide bonds. The van der Waals surface area contributed by atoms with Gasteiger partial charge in [0.25, 0.3) is 5.91 Å². The summed E-state index contributed by atoms with van der Waals surface area (Å²) in [5, 5.41) is 10.1. The first kappa shape index (κ1) is 17.3. The molecule has 5 nitrogen and oxygen atoms in total. The van der Waals surface area contributed by atoms with E-state index in [-0.39, 0.29) is 5.91 Å². The smallest absolute Gasteiger partial charge is 0.253 e. The van der Waals surface area contributed by atoms with E-state index in [4.69, 9.17) is 0 Å². The summed E-state index contributed by atoms with van der Waals surface area (Å²) in [6.45, 7) is 1.77. The molecule has 0 radical (unpaired) electrons. The maximum Gasteiger partial charge on any atom is 0.253 e. The minimum Gasteiger partial charge on any atom is -0.339 e. The maximum atomic E-state index is 12.4. The van der Waals surface area contributed by atoms with Gasteiger partial charge in [-0.2, -0.15) is 0 Å². The third-order valence-corrected chi connectivity index (χ3v) is 6.19. The third kappa shape index (κ3) is 4.16. The van der Waals surface area contributed by atoms with Crippen molar-refractivity contribution in [2.75, 3.05) is 13.1 Å². The first-order chi connectivity index (χ1) is 12.8. The van der Waals surface area contributed by atoms with Crippen molar-refractivity contribution in [2.24, 2.45) is 0 Å². The predicted octanol–water partition coefficient (Wildman–Crippen LogP) is 3.99. The fourth-order valence-electron chi connectivity index (χ4n) is 2.99. The lowest BCUT2D eigenvalue weighted by Gasteiger charge is -2.15. The molecule has 0 aliphatic carbocycles. The van der Waals surface area contributed by atoms with E-state index >= 15 is 0 Å². The van der Waals surface area contributed by atoms with E-state index in [1.54, 1.807) is 23.1 Å². The first-order valence-electron chi connectivity index (χ1n) is 8.72. The number of hydrogen-bond donors (Lipinski definition) is 1. The van der Waals surface area contributed by atoms with Crippen LogP contribution in [-0.4, -0.2) is 39.1 Å². The lowest BCUT2D eigenvalue weighted by Crippen LogP contribution is -2.27. The third-order valence-electron chi connectivity index (χ3n) is 4.40. The number of benzene rings is 1. The molecule has 3 aromatic rings. The Morgan fingerprint density at radius 2 is 2.00 bits per heavy atom. The summed E-state index contributed by atoms with van der Waals surface area (Å²) in [7, 11) is 0. The van der Waals surface area contributed by atoms with Crippen molar-refractivity contribution in [1.29, 1.82) is 0 Å². The van der Waals surface area contributed by atoms with Gasteiger partial charge in [0.05, 0.1) is 0 Å². The maximum absolute atomic E-state index is 12.4. The molecule has 1 aliphatic rings. The van der Waals surface area contributed by atoms with Crippen molar-refractivity contribution < 1.29 is 4.79 Å². The van der Waals surface area contributed by atoms with E-state index in [0.29, 0.717) is 0 Å².